The van der Waals surface area contributed by atoms with Crippen LogP contribution in [0.1, 0.15) is 9.75 Å². The number of carbonyl (C=O) groups is 1. The molecule has 1 aromatic heterocycles. The lowest BCUT2D eigenvalue weighted by atomic mass is 10.4. The molecule has 0 atom stereocenters. The lowest BCUT2D eigenvalue weighted by Gasteiger charge is -2.33. The molecule has 2 heterocycles. The van der Waals surface area contributed by atoms with Gasteiger partial charge in [-0.3, -0.25) is 0 Å². The van der Waals surface area contributed by atoms with E-state index in [1.165, 1.54) is 9.18 Å². The van der Waals surface area contributed by atoms with Gasteiger partial charge in [-0.05, 0) is 31.2 Å². The summed E-state index contributed by atoms with van der Waals surface area (Å²) in [5.41, 5.74) is 0. The van der Waals surface area contributed by atoms with E-state index in [2.05, 4.69) is 5.32 Å². The average molecular weight is 380 g/mol. The summed E-state index contributed by atoms with van der Waals surface area (Å²) in [4.78, 5) is 16.5. The minimum absolute atomic E-state index is 0.150. The number of hydrogen-bond donors (Lipinski definition) is 1. The third kappa shape index (κ3) is 4.20. The minimum atomic E-state index is -3.49. The average Bonchev–Trinajstić information content (AvgIpc) is 3.06. The Morgan fingerprint density at radius 3 is 2.36 bits per heavy atom. The minimum Gasteiger partial charge on any atom is -0.333 e. The zero-order valence-corrected chi connectivity index (χ0v) is 15.6. The monoisotopic (exact) mass is 379 g/mol. The molecule has 0 radical (unpaired) electrons. The summed E-state index contributed by atoms with van der Waals surface area (Å²) in [7, 11) is -3.49. The topological polar surface area (TPSA) is 69.7 Å². The fourth-order valence-corrected chi connectivity index (χ4v) is 5.00. The smallest absolute Gasteiger partial charge is 0.317 e. The maximum atomic E-state index is 12.6. The van der Waals surface area contributed by atoms with Crippen molar-refractivity contribution in [3.8, 4) is 0 Å². The number of hydrogen-bond acceptors (Lipinski definition) is 4. The maximum Gasteiger partial charge on any atom is 0.317 e. The molecule has 0 aliphatic carbocycles. The largest absolute Gasteiger partial charge is 0.333 e. The Labute approximate surface area is 152 Å². The van der Waals surface area contributed by atoms with E-state index in [4.69, 9.17) is 0 Å². The number of rotatable bonds is 4. The molecule has 2 amide bonds. The second kappa shape index (κ2) is 7.55. The highest BCUT2D eigenvalue weighted by Gasteiger charge is 2.29. The van der Waals surface area contributed by atoms with Gasteiger partial charge in [0.25, 0.3) is 0 Å². The highest BCUT2D eigenvalue weighted by Crippen LogP contribution is 2.18. The van der Waals surface area contributed by atoms with Crippen molar-refractivity contribution in [2.45, 2.75) is 18.4 Å². The van der Waals surface area contributed by atoms with Gasteiger partial charge in [0.2, 0.25) is 10.0 Å². The van der Waals surface area contributed by atoms with Crippen molar-refractivity contribution in [3.63, 3.8) is 0 Å². The number of piperazine rings is 1. The number of thiophene rings is 1. The molecule has 1 saturated heterocycles. The Morgan fingerprint density at radius 1 is 1.08 bits per heavy atom. The number of benzene rings is 1. The van der Waals surface area contributed by atoms with Crippen molar-refractivity contribution >= 4 is 27.4 Å². The Morgan fingerprint density at radius 2 is 1.76 bits per heavy atom. The van der Waals surface area contributed by atoms with Crippen LogP contribution in [-0.4, -0.2) is 49.8 Å². The summed E-state index contributed by atoms with van der Waals surface area (Å²) in [6.07, 6.45) is 0. The fraction of sp³-hybridized carbons (Fsp3) is 0.353. The van der Waals surface area contributed by atoms with Crippen LogP contribution in [0.15, 0.2) is 47.4 Å². The van der Waals surface area contributed by atoms with Crippen molar-refractivity contribution < 1.29 is 13.2 Å². The first kappa shape index (κ1) is 17.9. The fourth-order valence-electron chi connectivity index (χ4n) is 2.73. The van der Waals surface area contributed by atoms with Crippen LogP contribution in [0.2, 0.25) is 0 Å². The van der Waals surface area contributed by atoms with Gasteiger partial charge in [-0.25, -0.2) is 13.2 Å². The van der Waals surface area contributed by atoms with Gasteiger partial charge in [-0.1, -0.05) is 18.2 Å². The van der Waals surface area contributed by atoms with Crippen LogP contribution < -0.4 is 5.32 Å². The van der Waals surface area contributed by atoms with E-state index in [-0.39, 0.29) is 6.03 Å². The van der Waals surface area contributed by atoms with E-state index in [0.717, 1.165) is 4.88 Å². The normalized spacial score (nSPS) is 16.0. The first-order chi connectivity index (χ1) is 12.0. The molecule has 134 valence electrons. The van der Waals surface area contributed by atoms with Crippen LogP contribution in [0, 0.1) is 6.92 Å². The third-order valence-electron chi connectivity index (χ3n) is 4.12. The van der Waals surface area contributed by atoms with E-state index >= 15 is 0 Å². The summed E-state index contributed by atoms with van der Waals surface area (Å²) >= 11 is 1.66. The molecule has 0 spiro atoms. The Kier molecular flexibility index (Phi) is 5.41. The number of amides is 2. The van der Waals surface area contributed by atoms with E-state index in [0.29, 0.717) is 37.6 Å². The SMILES string of the molecule is Cc1ccc(CNC(=O)N2CCN(S(=O)(=O)c3ccccc3)CC2)s1. The number of sulfonamides is 1. The molecule has 2 aromatic rings. The van der Waals surface area contributed by atoms with E-state index in [1.807, 2.05) is 19.1 Å². The maximum absolute atomic E-state index is 12.6. The zero-order chi connectivity index (χ0) is 17.9. The number of carbonyl (C=O) groups excluding carboxylic acids is 1. The first-order valence-electron chi connectivity index (χ1n) is 8.10. The van der Waals surface area contributed by atoms with Gasteiger partial charge in [0.15, 0.2) is 0 Å². The van der Waals surface area contributed by atoms with Crippen molar-refractivity contribution in [1.29, 1.82) is 0 Å². The summed E-state index contributed by atoms with van der Waals surface area (Å²) < 4.78 is 26.6. The number of aryl methyl sites for hydroxylation is 1. The molecule has 0 unspecified atom stereocenters. The van der Waals surface area contributed by atoms with Crippen LogP contribution in [0.5, 0.6) is 0 Å². The lowest BCUT2D eigenvalue weighted by Crippen LogP contribution is -2.52. The molecule has 1 N–H and O–H groups in total. The van der Waals surface area contributed by atoms with Gasteiger partial charge >= 0.3 is 6.03 Å². The van der Waals surface area contributed by atoms with Crippen molar-refractivity contribution in [2.75, 3.05) is 26.2 Å². The van der Waals surface area contributed by atoms with Crippen LogP contribution in [0.25, 0.3) is 0 Å². The van der Waals surface area contributed by atoms with Crippen LogP contribution in [0.4, 0.5) is 4.79 Å². The van der Waals surface area contributed by atoms with Gasteiger partial charge < -0.3 is 10.2 Å². The van der Waals surface area contributed by atoms with Crippen molar-refractivity contribution in [2.24, 2.45) is 0 Å². The van der Waals surface area contributed by atoms with Crippen LogP contribution in [0.3, 0.4) is 0 Å². The summed E-state index contributed by atoms with van der Waals surface area (Å²) in [6.45, 7) is 3.93. The highest BCUT2D eigenvalue weighted by molar-refractivity contribution is 7.89. The number of urea groups is 1. The summed E-state index contributed by atoms with van der Waals surface area (Å²) in [5, 5.41) is 2.90. The second-order valence-corrected chi connectivity index (χ2v) is 9.19. The Hall–Kier alpha value is -1.90. The van der Waals surface area contributed by atoms with Crippen LogP contribution >= 0.6 is 11.3 Å². The highest BCUT2D eigenvalue weighted by atomic mass is 32.2. The quantitative estimate of drug-likeness (QED) is 0.886. The predicted octanol–water partition coefficient (Wildman–Crippen LogP) is 2.27. The van der Waals surface area contributed by atoms with Gasteiger partial charge in [0, 0.05) is 35.9 Å². The second-order valence-electron chi connectivity index (χ2n) is 5.88. The van der Waals surface area contributed by atoms with E-state index < -0.39 is 10.0 Å². The molecule has 1 aliphatic rings. The Balaban J connectivity index is 1.54. The summed E-state index contributed by atoms with van der Waals surface area (Å²) in [5.74, 6) is 0. The van der Waals surface area contributed by atoms with Gasteiger partial charge in [0.05, 0.1) is 11.4 Å². The number of nitrogens with zero attached hydrogens (tertiary/aromatic N) is 2. The molecule has 1 fully saturated rings. The molecule has 25 heavy (non-hydrogen) atoms. The van der Waals surface area contributed by atoms with E-state index in [9.17, 15) is 13.2 Å². The Bertz CT molecular complexity index is 826. The molecule has 0 bridgehead atoms. The molecule has 1 aromatic carbocycles. The molecular formula is C17H21N3O3S2. The van der Waals surface area contributed by atoms with Crippen molar-refractivity contribution in [1.82, 2.24) is 14.5 Å². The lowest BCUT2D eigenvalue weighted by molar-refractivity contribution is 0.172. The first-order valence-corrected chi connectivity index (χ1v) is 10.4. The van der Waals surface area contributed by atoms with Crippen molar-refractivity contribution in [3.05, 3.63) is 52.2 Å². The summed E-state index contributed by atoms with van der Waals surface area (Å²) in [6, 6.07) is 12.3. The standard InChI is InChI=1S/C17H21N3O3S2/c1-14-7-8-15(24-14)13-18-17(21)19-9-11-20(12-10-19)25(22,23)16-5-3-2-4-6-16/h2-8H,9-13H2,1H3,(H,18,21). The molecule has 6 nitrogen and oxygen atoms in total. The molecule has 8 heteroatoms. The van der Waals surface area contributed by atoms with Crippen LogP contribution in [-0.2, 0) is 16.6 Å². The van der Waals surface area contributed by atoms with Gasteiger partial charge in [-0.15, -0.1) is 11.3 Å². The molecule has 0 saturated carbocycles. The zero-order valence-electron chi connectivity index (χ0n) is 14.0. The predicted molar refractivity (Wildman–Crippen MR) is 98.1 cm³/mol. The number of nitrogens with one attached hydrogen (secondary N) is 1. The van der Waals surface area contributed by atoms with E-state index in [1.54, 1.807) is 46.6 Å². The molecular weight excluding hydrogens is 358 g/mol. The van der Waals surface area contributed by atoms with Gasteiger partial charge in [0.1, 0.15) is 0 Å². The van der Waals surface area contributed by atoms with Gasteiger partial charge in [-0.2, -0.15) is 4.31 Å². The molecule has 1 aliphatic heterocycles. The molecule has 3 rings (SSSR count). The third-order valence-corrected chi connectivity index (χ3v) is 7.03.